The van der Waals surface area contributed by atoms with Gasteiger partial charge in [-0.1, -0.05) is 54.9 Å². The molecule has 1 heterocycles. The maximum atomic E-state index is 13.5. The monoisotopic (exact) mass is 684 g/mol. The van der Waals surface area contributed by atoms with Crippen LogP contribution in [0.2, 0.25) is 0 Å². The molecule has 0 radical (unpaired) electrons. The maximum Gasteiger partial charge on any atom is 0.309 e. The van der Waals surface area contributed by atoms with Gasteiger partial charge in [-0.15, -0.1) is 0 Å². The first kappa shape index (κ1) is 35.6. The van der Waals surface area contributed by atoms with Crippen LogP contribution < -0.4 is 5.32 Å². The molecule has 12 atom stereocenters. The molecule has 12 unspecified atom stereocenters. The Hall–Kier alpha value is -0.790. The van der Waals surface area contributed by atoms with E-state index in [1.807, 2.05) is 0 Å². The van der Waals surface area contributed by atoms with Gasteiger partial charge in [-0.25, -0.2) is 0 Å². The van der Waals surface area contributed by atoms with E-state index in [4.69, 9.17) is 4.74 Å². The molecule has 7 aliphatic rings. The lowest BCUT2D eigenvalue weighted by atomic mass is 9.36. The Balaban J connectivity index is 1.03. The number of carbonyl (C=O) groups excluding carboxylic acids is 2. The molecule has 0 aromatic rings. The minimum atomic E-state index is -0.616. The van der Waals surface area contributed by atoms with Gasteiger partial charge < -0.3 is 14.8 Å². The van der Waals surface area contributed by atoms with E-state index in [9.17, 15) is 13.8 Å². The SMILES string of the molecule is CCC(CNC12CCCC1C1CCC3C(C)(CCC4C(C)(C)C(OC(=O)C5CC(C=O)C5(C)C)CCC43C)C1CC2)N1CCS(=O)CC1. The van der Waals surface area contributed by atoms with Crippen LogP contribution in [0.15, 0.2) is 0 Å². The van der Waals surface area contributed by atoms with Crippen LogP contribution in [-0.4, -0.2) is 70.2 Å². The molecule has 7 heteroatoms. The zero-order chi connectivity index (χ0) is 34.3. The van der Waals surface area contributed by atoms with Crippen LogP contribution in [0.1, 0.15) is 132 Å². The number of fused-ring (bicyclic) bond motifs is 7. The highest BCUT2D eigenvalue weighted by molar-refractivity contribution is 7.85. The first-order chi connectivity index (χ1) is 22.7. The zero-order valence-corrected chi connectivity index (χ0v) is 32.3. The number of nitrogens with zero attached hydrogens (tertiary/aromatic N) is 1. The molecule has 0 amide bonds. The average molecular weight is 685 g/mol. The van der Waals surface area contributed by atoms with Crippen LogP contribution in [0.5, 0.6) is 0 Å². The molecule has 6 aliphatic carbocycles. The van der Waals surface area contributed by atoms with Crippen molar-refractivity contribution < 1.29 is 18.5 Å². The summed E-state index contributed by atoms with van der Waals surface area (Å²) in [7, 11) is -0.616. The number of nitrogens with one attached hydrogen (secondary N) is 1. The first-order valence-corrected chi connectivity index (χ1v) is 21.7. The van der Waals surface area contributed by atoms with E-state index in [0.717, 1.165) is 67.5 Å². The molecule has 6 saturated carbocycles. The lowest BCUT2D eigenvalue weighted by Gasteiger charge is -2.69. The summed E-state index contributed by atoms with van der Waals surface area (Å²) >= 11 is 0. The summed E-state index contributed by atoms with van der Waals surface area (Å²) in [5.74, 6) is 5.24. The third-order valence-corrected chi connectivity index (χ3v) is 18.7. The molecule has 0 bridgehead atoms. The van der Waals surface area contributed by atoms with Crippen molar-refractivity contribution in [3.05, 3.63) is 0 Å². The lowest BCUT2D eigenvalue weighted by Crippen LogP contribution is -2.65. The number of carbonyl (C=O) groups is 2. The van der Waals surface area contributed by atoms with Crippen LogP contribution in [0, 0.1) is 63.1 Å². The number of ether oxygens (including phenoxy) is 1. The van der Waals surface area contributed by atoms with Gasteiger partial charge in [0.05, 0.1) is 5.92 Å². The molecule has 0 spiro atoms. The molecule has 272 valence electrons. The van der Waals surface area contributed by atoms with Gasteiger partial charge in [0.2, 0.25) is 0 Å². The molecular formula is C41H68N2O4S. The Bertz CT molecular complexity index is 1260. The van der Waals surface area contributed by atoms with Gasteiger partial charge in [0.25, 0.3) is 0 Å². The van der Waals surface area contributed by atoms with Crippen LogP contribution in [-0.2, 0) is 25.1 Å². The molecule has 1 aliphatic heterocycles. The van der Waals surface area contributed by atoms with Crippen molar-refractivity contribution >= 4 is 23.1 Å². The highest BCUT2D eigenvalue weighted by Crippen LogP contribution is 2.72. The molecule has 0 aromatic carbocycles. The van der Waals surface area contributed by atoms with Gasteiger partial charge in [-0.3, -0.25) is 13.9 Å². The third-order valence-electron chi connectivity index (χ3n) is 17.4. The van der Waals surface area contributed by atoms with Crippen molar-refractivity contribution in [3.63, 3.8) is 0 Å². The van der Waals surface area contributed by atoms with Crippen molar-refractivity contribution in [2.24, 2.45) is 63.1 Å². The third kappa shape index (κ3) is 5.46. The topological polar surface area (TPSA) is 75.7 Å². The smallest absolute Gasteiger partial charge is 0.309 e. The Morgan fingerprint density at radius 3 is 2.29 bits per heavy atom. The predicted molar refractivity (Wildman–Crippen MR) is 194 cm³/mol. The summed E-state index contributed by atoms with van der Waals surface area (Å²) in [4.78, 5) is 27.6. The van der Waals surface area contributed by atoms with E-state index in [1.165, 1.54) is 70.6 Å². The van der Waals surface area contributed by atoms with Gasteiger partial charge in [0, 0.05) is 64.9 Å². The molecule has 1 N–H and O–H groups in total. The molecule has 0 aromatic heterocycles. The van der Waals surface area contributed by atoms with E-state index in [-0.39, 0.29) is 40.2 Å². The molecule has 7 fully saturated rings. The van der Waals surface area contributed by atoms with Crippen LogP contribution in [0.25, 0.3) is 0 Å². The number of hydrogen-bond acceptors (Lipinski definition) is 6. The first-order valence-electron chi connectivity index (χ1n) is 20.2. The van der Waals surface area contributed by atoms with E-state index in [1.54, 1.807) is 0 Å². The van der Waals surface area contributed by atoms with Crippen LogP contribution in [0.4, 0.5) is 0 Å². The number of hydrogen-bond donors (Lipinski definition) is 1. The largest absolute Gasteiger partial charge is 0.462 e. The Kier molecular flexibility index (Phi) is 9.43. The Morgan fingerprint density at radius 2 is 1.60 bits per heavy atom. The summed E-state index contributed by atoms with van der Waals surface area (Å²) in [5, 5.41) is 4.31. The minimum absolute atomic E-state index is 0.0318. The fourth-order valence-corrected chi connectivity index (χ4v) is 15.5. The van der Waals surface area contributed by atoms with Crippen molar-refractivity contribution in [2.75, 3.05) is 31.1 Å². The highest BCUT2D eigenvalue weighted by Gasteiger charge is 2.67. The zero-order valence-electron chi connectivity index (χ0n) is 31.5. The second-order valence-electron chi connectivity index (χ2n) is 19.7. The van der Waals surface area contributed by atoms with Gasteiger partial charge >= 0.3 is 5.97 Å². The van der Waals surface area contributed by atoms with Gasteiger partial charge in [0.15, 0.2) is 0 Å². The predicted octanol–water partition coefficient (Wildman–Crippen LogP) is 7.41. The van der Waals surface area contributed by atoms with E-state index in [0.29, 0.717) is 29.3 Å². The molecule has 48 heavy (non-hydrogen) atoms. The summed E-state index contributed by atoms with van der Waals surface area (Å²) in [6.07, 6.45) is 17.1. The van der Waals surface area contributed by atoms with Gasteiger partial charge in [-0.2, -0.15) is 0 Å². The summed E-state index contributed by atoms with van der Waals surface area (Å²) in [6, 6.07) is 0.561. The quantitative estimate of drug-likeness (QED) is 0.212. The summed E-state index contributed by atoms with van der Waals surface area (Å²) < 4.78 is 18.5. The Morgan fingerprint density at radius 1 is 0.875 bits per heavy atom. The number of aldehydes is 1. The minimum Gasteiger partial charge on any atom is -0.462 e. The van der Waals surface area contributed by atoms with Gasteiger partial charge in [0.1, 0.15) is 12.4 Å². The lowest BCUT2D eigenvalue weighted by molar-refractivity contribution is -0.224. The van der Waals surface area contributed by atoms with Gasteiger partial charge in [-0.05, 0) is 123 Å². The van der Waals surface area contributed by atoms with E-state index < -0.39 is 10.8 Å². The van der Waals surface area contributed by atoms with E-state index >= 15 is 0 Å². The van der Waals surface area contributed by atoms with Crippen molar-refractivity contribution in [1.29, 1.82) is 0 Å². The second kappa shape index (κ2) is 12.7. The fourth-order valence-electron chi connectivity index (χ4n) is 14.4. The number of rotatable bonds is 8. The van der Waals surface area contributed by atoms with Crippen LogP contribution in [0.3, 0.4) is 0 Å². The summed E-state index contributed by atoms with van der Waals surface area (Å²) in [6.45, 7) is 19.7. The average Bonchev–Trinajstić information content (AvgIpc) is 3.48. The molecule has 1 saturated heterocycles. The second-order valence-corrected chi connectivity index (χ2v) is 21.4. The summed E-state index contributed by atoms with van der Waals surface area (Å²) in [5.41, 5.74) is 0.671. The Labute approximate surface area is 294 Å². The van der Waals surface area contributed by atoms with Crippen LogP contribution >= 0.6 is 0 Å². The number of esters is 1. The molecule has 6 nitrogen and oxygen atoms in total. The maximum absolute atomic E-state index is 13.5. The highest BCUT2D eigenvalue weighted by atomic mass is 32.2. The van der Waals surface area contributed by atoms with E-state index in [2.05, 4.69) is 58.7 Å². The standard InChI is InChI=1S/C41H68N2O4S/c1-8-28(43-20-22-48(46)23-21-43)25-42-41-16-9-10-31(41)29-11-12-34-39(6,30(29)13-19-41)17-14-33-38(4,5)35(15-18-40(33,34)7)47-36(45)32-24-27(26-44)37(32,2)3/h26-35,42H,8-25H2,1-7H3. The molecule has 7 rings (SSSR count). The fraction of sp³-hybridized carbons (Fsp3) is 0.951. The van der Waals surface area contributed by atoms with Crippen molar-refractivity contribution in [2.45, 2.75) is 150 Å². The van der Waals surface area contributed by atoms with Crippen molar-refractivity contribution in [3.8, 4) is 0 Å². The normalized spacial score (nSPS) is 47.4. The molecular weight excluding hydrogens is 617 g/mol. The van der Waals surface area contributed by atoms with Crippen molar-refractivity contribution in [1.82, 2.24) is 10.2 Å².